The Labute approximate surface area is 117 Å². The largest absolute Gasteiger partial charge is 0.384 e. The summed E-state index contributed by atoms with van der Waals surface area (Å²) in [6.07, 6.45) is 7.90. The van der Waals surface area contributed by atoms with Gasteiger partial charge in [-0.1, -0.05) is 0 Å². The van der Waals surface area contributed by atoms with Crippen LogP contribution >= 0.6 is 0 Å². The molecule has 3 N–H and O–H groups in total. The van der Waals surface area contributed by atoms with Crippen molar-refractivity contribution in [2.75, 3.05) is 5.73 Å². The first-order valence-corrected chi connectivity index (χ1v) is 6.74. The van der Waals surface area contributed by atoms with Gasteiger partial charge in [-0.2, -0.15) is 0 Å². The van der Waals surface area contributed by atoms with Crippen LogP contribution in [0.2, 0.25) is 0 Å². The molecule has 1 aliphatic carbocycles. The Bertz CT molecular complexity index is 600. The molecular weight excluding hydrogens is 254 g/mol. The third kappa shape index (κ3) is 2.96. The summed E-state index contributed by atoms with van der Waals surface area (Å²) >= 11 is 0. The van der Waals surface area contributed by atoms with Gasteiger partial charge in [0.15, 0.2) is 0 Å². The average molecular weight is 271 g/mol. The number of nitrogens with one attached hydrogen (secondary N) is 1. The fraction of sp³-hybridized carbons (Fsp3) is 0.357. The van der Waals surface area contributed by atoms with Crippen molar-refractivity contribution in [3.8, 4) is 11.3 Å². The van der Waals surface area contributed by atoms with Gasteiger partial charge in [0.2, 0.25) is 5.91 Å². The molecule has 1 aliphatic rings. The second-order valence-corrected chi connectivity index (χ2v) is 5.04. The summed E-state index contributed by atoms with van der Waals surface area (Å²) in [7, 11) is 0. The summed E-state index contributed by atoms with van der Waals surface area (Å²) in [5, 5.41) is 2.98. The maximum absolute atomic E-state index is 11.7. The lowest BCUT2D eigenvalue weighted by atomic mass is 10.2. The van der Waals surface area contributed by atoms with Gasteiger partial charge < -0.3 is 15.6 Å². The molecule has 20 heavy (non-hydrogen) atoms. The van der Waals surface area contributed by atoms with E-state index < -0.39 is 0 Å². The number of nitrogens with two attached hydrogens (primary N) is 1. The molecule has 0 unspecified atom stereocenters. The third-order valence-electron chi connectivity index (χ3n) is 3.32. The van der Waals surface area contributed by atoms with Crippen LogP contribution in [-0.4, -0.2) is 26.5 Å². The molecule has 6 heteroatoms. The first-order chi connectivity index (χ1) is 9.72. The van der Waals surface area contributed by atoms with Crippen LogP contribution in [0.1, 0.15) is 19.3 Å². The minimum atomic E-state index is 0.0996. The van der Waals surface area contributed by atoms with Crippen LogP contribution in [0.15, 0.2) is 30.9 Å². The molecule has 3 rings (SSSR count). The van der Waals surface area contributed by atoms with Gasteiger partial charge in [-0.25, -0.2) is 9.97 Å². The topological polar surface area (TPSA) is 85.8 Å². The fourth-order valence-corrected chi connectivity index (χ4v) is 2.05. The average Bonchev–Trinajstić information content (AvgIpc) is 3.13. The van der Waals surface area contributed by atoms with E-state index in [1.807, 2.05) is 10.6 Å². The summed E-state index contributed by atoms with van der Waals surface area (Å²) in [4.78, 5) is 19.9. The van der Waals surface area contributed by atoms with Gasteiger partial charge in [-0.05, 0) is 25.0 Å². The quantitative estimate of drug-likeness (QED) is 0.855. The summed E-state index contributed by atoms with van der Waals surface area (Å²) in [5.74, 6) is 0.589. The van der Waals surface area contributed by atoms with Gasteiger partial charge in [0.1, 0.15) is 5.82 Å². The minimum absolute atomic E-state index is 0.0996. The van der Waals surface area contributed by atoms with E-state index in [1.54, 1.807) is 24.8 Å². The third-order valence-corrected chi connectivity index (χ3v) is 3.32. The molecule has 1 fully saturated rings. The number of hydrogen-bond acceptors (Lipinski definition) is 4. The summed E-state index contributed by atoms with van der Waals surface area (Å²) < 4.78 is 1.96. The number of carbonyl (C=O) groups is 1. The normalized spacial score (nSPS) is 14.2. The molecule has 0 aliphatic heterocycles. The van der Waals surface area contributed by atoms with E-state index in [4.69, 9.17) is 5.73 Å². The zero-order chi connectivity index (χ0) is 13.9. The van der Waals surface area contributed by atoms with Crippen LogP contribution in [0, 0.1) is 0 Å². The van der Waals surface area contributed by atoms with Gasteiger partial charge in [-0.3, -0.25) is 4.79 Å². The lowest BCUT2D eigenvalue weighted by Gasteiger charge is -2.08. The Morgan fingerprint density at radius 1 is 1.40 bits per heavy atom. The van der Waals surface area contributed by atoms with Gasteiger partial charge in [0.25, 0.3) is 0 Å². The molecular formula is C14H17N5O. The molecule has 0 radical (unpaired) electrons. The van der Waals surface area contributed by atoms with E-state index in [9.17, 15) is 4.79 Å². The highest BCUT2D eigenvalue weighted by Crippen LogP contribution is 2.20. The Morgan fingerprint density at radius 2 is 2.25 bits per heavy atom. The van der Waals surface area contributed by atoms with Crippen molar-refractivity contribution in [1.82, 2.24) is 19.9 Å². The number of carbonyl (C=O) groups excluding carboxylic acids is 1. The molecule has 2 heterocycles. The predicted octanol–water partition coefficient (Wildman–Crippen LogP) is 1.20. The number of aryl methyl sites for hydroxylation is 1. The Hall–Kier alpha value is -2.37. The number of amides is 1. The van der Waals surface area contributed by atoms with E-state index >= 15 is 0 Å². The van der Waals surface area contributed by atoms with Gasteiger partial charge in [-0.15, -0.1) is 0 Å². The maximum atomic E-state index is 11.7. The van der Waals surface area contributed by atoms with E-state index in [0.29, 0.717) is 24.8 Å². The number of nitrogen functional groups attached to an aromatic ring is 1. The van der Waals surface area contributed by atoms with Crippen molar-refractivity contribution in [3.63, 3.8) is 0 Å². The molecule has 104 valence electrons. The number of anilines is 1. The first kappa shape index (κ1) is 12.7. The zero-order valence-electron chi connectivity index (χ0n) is 11.1. The van der Waals surface area contributed by atoms with Gasteiger partial charge in [0, 0.05) is 30.8 Å². The molecule has 0 aromatic carbocycles. The van der Waals surface area contributed by atoms with Crippen molar-refractivity contribution in [3.05, 3.63) is 30.9 Å². The molecule has 0 spiro atoms. The van der Waals surface area contributed by atoms with Crippen LogP contribution in [0.5, 0.6) is 0 Å². The monoisotopic (exact) mass is 271 g/mol. The molecule has 2 aromatic heterocycles. The highest BCUT2D eigenvalue weighted by molar-refractivity contribution is 5.76. The molecule has 2 aromatic rings. The molecule has 0 saturated heterocycles. The zero-order valence-corrected chi connectivity index (χ0v) is 11.1. The van der Waals surface area contributed by atoms with Crippen LogP contribution in [0.4, 0.5) is 5.82 Å². The molecule has 6 nitrogen and oxygen atoms in total. The standard InChI is InChI=1S/C14H17N5O/c15-13-4-1-10(7-17-13)12-8-16-9-19(12)6-5-14(20)18-11-2-3-11/h1,4,7-9,11H,2-3,5-6H2,(H2,15,17)(H,18,20). The number of pyridine rings is 1. The SMILES string of the molecule is Nc1ccc(-c2cncn2CCC(=O)NC2CC2)cn1. The lowest BCUT2D eigenvalue weighted by molar-refractivity contribution is -0.121. The number of rotatable bonds is 5. The van der Waals surface area contributed by atoms with Crippen molar-refractivity contribution in [1.29, 1.82) is 0 Å². The van der Waals surface area contributed by atoms with Crippen LogP contribution in [0.3, 0.4) is 0 Å². The van der Waals surface area contributed by atoms with Crippen LogP contribution < -0.4 is 11.1 Å². The van der Waals surface area contributed by atoms with E-state index in [2.05, 4.69) is 15.3 Å². The second kappa shape index (κ2) is 5.32. The summed E-state index contributed by atoms with van der Waals surface area (Å²) in [6.45, 7) is 0.609. The summed E-state index contributed by atoms with van der Waals surface area (Å²) in [6, 6.07) is 4.07. The molecule has 0 bridgehead atoms. The van der Waals surface area contributed by atoms with Crippen LogP contribution in [0.25, 0.3) is 11.3 Å². The number of aromatic nitrogens is 3. The van der Waals surface area contributed by atoms with Crippen molar-refractivity contribution >= 4 is 11.7 Å². The van der Waals surface area contributed by atoms with Crippen molar-refractivity contribution in [2.45, 2.75) is 31.8 Å². The first-order valence-electron chi connectivity index (χ1n) is 6.74. The fourth-order valence-electron chi connectivity index (χ4n) is 2.05. The van der Waals surface area contributed by atoms with Gasteiger partial charge in [0.05, 0.1) is 18.2 Å². The Kier molecular flexibility index (Phi) is 3.37. The van der Waals surface area contributed by atoms with Crippen LogP contribution in [-0.2, 0) is 11.3 Å². The molecule has 1 amide bonds. The maximum Gasteiger partial charge on any atom is 0.222 e. The predicted molar refractivity (Wildman–Crippen MR) is 75.7 cm³/mol. The number of nitrogens with zero attached hydrogens (tertiary/aromatic N) is 3. The molecule has 0 atom stereocenters. The highest BCUT2D eigenvalue weighted by atomic mass is 16.1. The lowest BCUT2D eigenvalue weighted by Crippen LogP contribution is -2.26. The Balaban J connectivity index is 1.66. The van der Waals surface area contributed by atoms with E-state index in [-0.39, 0.29) is 5.91 Å². The minimum Gasteiger partial charge on any atom is -0.384 e. The number of hydrogen-bond donors (Lipinski definition) is 2. The summed E-state index contributed by atoms with van der Waals surface area (Å²) in [5.41, 5.74) is 7.47. The van der Waals surface area contributed by atoms with E-state index in [0.717, 1.165) is 24.1 Å². The number of imidazole rings is 1. The molecule has 1 saturated carbocycles. The van der Waals surface area contributed by atoms with Crippen molar-refractivity contribution in [2.24, 2.45) is 0 Å². The highest BCUT2D eigenvalue weighted by Gasteiger charge is 2.22. The Morgan fingerprint density at radius 3 is 2.95 bits per heavy atom. The smallest absolute Gasteiger partial charge is 0.222 e. The second-order valence-electron chi connectivity index (χ2n) is 5.04. The van der Waals surface area contributed by atoms with Gasteiger partial charge >= 0.3 is 0 Å². The van der Waals surface area contributed by atoms with E-state index in [1.165, 1.54) is 0 Å². The van der Waals surface area contributed by atoms with Crippen molar-refractivity contribution < 1.29 is 4.79 Å².